The minimum Gasteiger partial charge on any atom is -0.508 e. The van der Waals surface area contributed by atoms with Gasteiger partial charge in [0.2, 0.25) is 11.8 Å². The number of phenolic OH excluding ortho intramolecular Hbond substituents is 2. The number of fused-ring (bicyclic) bond motifs is 5. The molecule has 3 heterocycles. The van der Waals surface area contributed by atoms with Crippen molar-refractivity contribution in [2.45, 2.75) is 35.4 Å². The molecule has 3 aliphatic heterocycles. The van der Waals surface area contributed by atoms with Crippen molar-refractivity contribution in [2.75, 3.05) is 13.6 Å². The highest BCUT2D eigenvalue weighted by atomic mass is 35.5. The van der Waals surface area contributed by atoms with Crippen molar-refractivity contribution >= 4 is 46.8 Å². The van der Waals surface area contributed by atoms with Crippen LogP contribution in [0.4, 0.5) is 0 Å². The van der Waals surface area contributed by atoms with Crippen LogP contribution in [0.15, 0.2) is 65.9 Å². The highest BCUT2D eigenvalue weighted by Gasteiger charge is 2.76. The molecule has 222 valence electrons. The molecule has 6 atom stereocenters. The lowest BCUT2D eigenvalue weighted by atomic mass is 9.56. The van der Waals surface area contributed by atoms with Gasteiger partial charge in [-0.2, -0.15) is 0 Å². The van der Waals surface area contributed by atoms with Crippen LogP contribution in [0.2, 0.25) is 0 Å². The number of benzene rings is 2. The first-order chi connectivity index (χ1) is 20.5. The largest absolute Gasteiger partial charge is 0.508 e. The fourth-order valence-corrected chi connectivity index (χ4v) is 8.78. The lowest BCUT2D eigenvalue weighted by Gasteiger charge is -2.51. The van der Waals surface area contributed by atoms with Gasteiger partial charge in [-0.05, 0) is 66.6 Å². The maximum Gasteiger partial charge on any atom is 0.253 e. The normalized spacial score (nSPS) is 32.9. The van der Waals surface area contributed by atoms with Crippen LogP contribution in [0, 0.1) is 23.7 Å². The number of hydrogen-bond acceptors (Lipinski definition) is 7. The van der Waals surface area contributed by atoms with Crippen LogP contribution >= 0.6 is 23.2 Å². The molecular weight excluding hydrogens is 595 g/mol. The van der Waals surface area contributed by atoms with E-state index in [9.17, 15) is 29.4 Å². The number of alkyl halides is 2. The number of carbonyl (C=O) groups excluding carboxylic acids is 4. The van der Waals surface area contributed by atoms with Gasteiger partial charge in [-0.15, -0.1) is 23.2 Å². The molecule has 43 heavy (non-hydrogen) atoms. The fourth-order valence-electron chi connectivity index (χ4n) is 7.74. The molecular formula is C32H28Cl2N2O7. The Hall–Kier alpha value is -3.82. The first-order valence-corrected chi connectivity index (χ1v) is 14.9. The summed E-state index contributed by atoms with van der Waals surface area (Å²) in [6.07, 6.45) is 4.29. The summed E-state index contributed by atoms with van der Waals surface area (Å²) in [6, 6.07) is 11.3. The van der Waals surface area contributed by atoms with E-state index in [4.69, 9.17) is 27.9 Å². The quantitative estimate of drug-likeness (QED) is 0.303. The lowest BCUT2D eigenvalue weighted by Crippen LogP contribution is -2.61. The molecule has 4 amide bonds. The van der Waals surface area contributed by atoms with Crippen molar-refractivity contribution in [3.8, 4) is 17.2 Å². The minimum atomic E-state index is -1.89. The number of aromatic hydroxyl groups is 2. The number of hydrogen-bond donors (Lipinski definition) is 2. The van der Waals surface area contributed by atoms with Crippen molar-refractivity contribution < 1.29 is 34.1 Å². The zero-order valence-corrected chi connectivity index (χ0v) is 24.6. The molecule has 6 unspecified atom stereocenters. The molecule has 2 aromatic carbocycles. The van der Waals surface area contributed by atoms with Crippen LogP contribution in [-0.2, 0) is 32.0 Å². The molecule has 2 aliphatic carbocycles. The van der Waals surface area contributed by atoms with Gasteiger partial charge >= 0.3 is 0 Å². The predicted molar refractivity (Wildman–Crippen MR) is 155 cm³/mol. The third-order valence-corrected chi connectivity index (χ3v) is 11.2. The average Bonchev–Trinajstić information content (AvgIpc) is 3.31. The average molecular weight is 623 g/mol. The van der Waals surface area contributed by atoms with Gasteiger partial charge in [-0.1, -0.05) is 23.8 Å². The van der Waals surface area contributed by atoms with Gasteiger partial charge in [0, 0.05) is 31.5 Å². The van der Waals surface area contributed by atoms with E-state index < -0.39 is 45.2 Å². The summed E-state index contributed by atoms with van der Waals surface area (Å²) in [4.78, 5) is 53.4. The molecule has 2 N–H and O–H groups in total. The topological polar surface area (TPSA) is 124 Å². The summed E-state index contributed by atoms with van der Waals surface area (Å²) in [5.74, 6) is -4.05. The van der Waals surface area contributed by atoms with Gasteiger partial charge in [0.1, 0.15) is 17.2 Å². The van der Waals surface area contributed by atoms with Crippen molar-refractivity contribution in [3.63, 3.8) is 0 Å². The van der Waals surface area contributed by atoms with Crippen molar-refractivity contribution in [1.82, 2.24) is 9.80 Å². The summed E-state index contributed by atoms with van der Waals surface area (Å²) < 4.78 is 5.91. The summed E-state index contributed by atoms with van der Waals surface area (Å²) in [6.45, 7) is 0.172. The van der Waals surface area contributed by atoms with E-state index >= 15 is 0 Å². The standard InChI is InChI=1S/C32H28Cl2N2O7/c1-35-29(41)31(33)14-23-21(26(32(31,34)30(35)42)18-12-17-13-20(38)6-9-24(17)43-15-18)7-8-22-25(23)28(40)36(27(22)39)11-10-16-2-4-19(37)5-3-16/h2-7,9,13,15,22-23,25-26,37-38H,8,10-12,14H2,1H3. The van der Waals surface area contributed by atoms with Crippen LogP contribution in [0.5, 0.6) is 17.2 Å². The molecule has 0 bridgehead atoms. The number of amides is 4. The Labute approximate surface area is 257 Å². The molecule has 5 aliphatic rings. The highest BCUT2D eigenvalue weighted by Crippen LogP contribution is 2.64. The van der Waals surface area contributed by atoms with Gasteiger partial charge in [-0.25, -0.2) is 0 Å². The second-order valence-corrected chi connectivity index (χ2v) is 13.3. The van der Waals surface area contributed by atoms with Crippen LogP contribution in [0.3, 0.4) is 0 Å². The van der Waals surface area contributed by atoms with Gasteiger partial charge in [-0.3, -0.25) is 29.0 Å². The second kappa shape index (κ2) is 9.59. The molecule has 9 nitrogen and oxygen atoms in total. The fraction of sp³-hybridized carbons (Fsp3) is 0.375. The number of phenols is 2. The number of carbonyl (C=O) groups is 4. The summed E-state index contributed by atoms with van der Waals surface area (Å²) in [5, 5.41) is 19.7. The van der Waals surface area contributed by atoms with Gasteiger partial charge in [0.15, 0.2) is 9.75 Å². The van der Waals surface area contributed by atoms with E-state index in [1.165, 1.54) is 24.3 Å². The van der Waals surface area contributed by atoms with Gasteiger partial charge in [0.05, 0.1) is 18.1 Å². The number of allylic oxidation sites excluding steroid dienone is 3. The first kappa shape index (κ1) is 28.0. The molecule has 0 spiro atoms. The number of rotatable bonds is 4. The first-order valence-electron chi connectivity index (χ1n) is 14.2. The molecule has 2 aromatic rings. The lowest BCUT2D eigenvalue weighted by molar-refractivity contribution is -0.141. The second-order valence-electron chi connectivity index (χ2n) is 12.0. The molecule has 1 saturated carbocycles. The molecule has 2 saturated heterocycles. The Kier molecular flexibility index (Phi) is 6.24. The van der Waals surface area contributed by atoms with Crippen LogP contribution < -0.4 is 4.74 Å². The Bertz CT molecular complexity index is 1670. The SMILES string of the molecule is CN1C(=O)C2(Cl)CC3C(=CCC4C(=O)N(CCc5ccc(O)cc5)C(=O)C43)C(C3=COc4ccc(O)cc4C3)C2(Cl)C1=O. The van der Waals surface area contributed by atoms with E-state index in [0.29, 0.717) is 28.9 Å². The van der Waals surface area contributed by atoms with Crippen molar-refractivity contribution in [1.29, 1.82) is 0 Å². The van der Waals surface area contributed by atoms with Crippen LogP contribution in [0.1, 0.15) is 24.0 Å². The molecule has 3 fully saturated rings. The Balaban J connectivity index is 1.27. The van der Waals surface area contributed by atoms with E-state index in [-0.39, 0.29) is 49.1 Å². The van der Waals surface area contributed by atoms with Gasteiger partial charge < -0.3 is 14.9 Å². The van der Waals surface area contributed by atoms with Gasteiger partial charge in [0.25, 0.3) is 11.8 Å². The molecule has 7 rings (SSSR count). The van der Waals surface area contributed by atoms with E-state index in [2.05, 4.69) is 0 Å². The monoisotopic (exact) mass is 622 g/mol. The van der Waals surface area contributed by atoms with Crippen molar-refractivity contribution in [3.05, 3.63) is 77.1 Å². The summed E-state index contributed by atoms with van der Waals surface area (Å²) in [5.41, 5.74) is 2.83. The third-order valence-electron chi connectivity index (χ3n) is 9.81. The highest BCUT2D eigenvalue weighted by molar-refractivity contribution is 6.53. The molecule has 0 radical (unpaired) electrons. The number of imide groups is 2. The van der Waals surface area contributed by atoms with Crippen LogP contribution in [-0.4, -0.2) is 67.0 Å². The maximum absolute atomic E-state index is 14.0. The number of ether oxygens (including phenoxy) is 1. The Morgan fingerprint density at radius 2 is 1.67 bits per heavy atom. The zero-order chi connectivity index (χ0) is 30.4. The maximum atomic E-state index is 14.0. The summed E-state index contributed by atoms with van der Waals surface area (Å²) in [7, 11) is 1.35. The number of nitrogens with zero attached hydrogens (tertiary/aromatic N) is 2. The molecule has 0 aromatic heterocycles. The van der Waals surface area contributed by atoms with E-state index in [1.54, 1.807) is 36.4 Å². The zero-order valence-electron chi connectivity index (χ0n) is 23.1. The molecule has 11 heteroatoms. The Morgan fingerprint density at radius 1 is 0.953 bits per heavy atom. The third kappa shape index (κ3) is 3.83. The Morgan fingerprint density at radius 3 is 2.42 bits per heavy atom. The predicted octanol–water partition coefficient (Wildman–Crippen LogP) is 3.68. The van der Waals surface area contributed by atoms with E-state index in [0.717, 1.165) is 10.5 Å². The van der Waals surface area contributed by atoms with Crippen LogP contribution in [0.25, 0.3) is 0 Å². The van der Waals surface area contributed by atoms with E-state index in [1.807, 2.05) is 6.08 Å². The number of halogens is 2. The minimum absolute atomic E-state index is 0.0476. The summed E-state index contributed by atoms with van der Waals surface area (Å²) >= 11 is 14.5. The smallest absolute Gasteiger partial charge is 0.253 e. The number of likely N-dealkylation sites (tertiary alicyclic amines) is 2. The van der Waals surface area contributed by atoms with Crippen molar-refractivity contribution in [2.24, 2.45) is 23.7 Å².